The Bertz CT molecular complexity index is 800. The van der Waals surface area contributed by atoms with Crippen LogP contribution in [-0.2, 0) is 38.0 Å². The van der Waals surface area contributed by atoms with Gasteiger partial charge >= 0.3 is 11.9 Å². The summed E-state index contributed by atoms with van der Waals surface area (Å²) in [5.41, 5.74) is 0. The van der Waals surface area contributed by atoms with Gasteiger partial charge in [-0.25, -0.2) is 9.59 Å². The van der Waals surface area contributed by atoms with Crippen molar-refractivity contribution in [2.75, 3.05) is 13.2 Å². The van der Waals surface area contributed by atoms with Crippen LogP contribution in [0.4, 0.5) is 0 Å². The van der Waals surface area contributed by atoms with Gasteiger partial charge in [-0.1, -0.05) is 0 Å². The molecule has 0 N–H and O–H groups in total. The zero-order chi connectivity index (χ0) is 25.0. The highest BCUT2D eigenvalue weighted by Gasteiger charge is 2.22. The van der Waals surface area contributed by atoms with Gasteiger partial charge in [0.25, 0.3) is 12.6 Å². The largest absolute Gasteiger partial charge is 0.456 e. The van der Waals surface area contributed by atoms with Crippen LogP contribution in [0.1, 0.15) is 77.0 Å². The van der Waals surface area contributed by atoms with Crippen molar-refractivity contribution in [1.82, 2.24) is 0 Å². The van der Waals surface area contributed by atoms with Crippen LogP contribution in [0.2, 0.25) is 0 Å². The van der Waals surface area contributed by atoms with Crippen LogP contribution in [0.3, 0.4) is 0 Å². The van der Waals surface area contributed by atoms with Crippen LogP contribution in [0, 0.1) is 0 Å². The highest BCUT2D eigenvalue weighted by molar-refractivity contribution is 5.91. The number of carbonyl (C=O) groups excluding carboxylic acids is 2. The molecule has 4 rings (SSSR count). The molecule has 0 aliphatic heterocycles. The fraction of sp³-hybridized carbons (Fsp3) is 0.571. The summed E-state index contributed by atoms with van der Waals surface area (Å²) in [5, 5.41) is 0. The standard InChI is InChI=1S/C28H36O8/c29-25(31-19-27(33-21-9-1-2-10-21)34-22-11-3-4-12-22)17-18-26(30)32-20-28(35-23-13-5-6-14-23)36-24-15-7-8-16-24/h9,11,13,15,17-18,27-28H,1-8,10,12,14,16,19-20H2/b18-17-. The van der Waals surface area contributed by atoms with Gasteiger partial charge in [-0.3, -0.25) is 0 Å². The number of carbonyl (C=O) groups is 2. The van der Waals surface area contributed by atoms with Gasteiger partial charge < -0.3 is 28.4 Å². The first-order valence-electron chi connectivity index (χ1n) is 13.1. The Hall–Kier alpha value is -3.16. The normalized spacial score (nSPS) is 19.3. The molecule has 0 fully saturated rings. The second-order valence-corrected chi connectivity index (χ2v) is 9.17. The van der Waals surface area contributed by atoms with E-state index >= 15 is 0 Å². The molecule has 0 heterocycles. The molecule has 0 saturated carbocycles. The lowest BCUT2D eigenvalue weighted by Gasteiger charge is -2.21. The van der Waals surface area contributed by atoms with Gasteiger partial charge in [-0.2, -0.15) is 0 Å². The van der Waals surface area contributed by atoms with Gasteiger partial charge in [-0.05, 0) is 75.7 Å². The second-order valence-electron chi connectivity index (χ2n) is 9.17. The molecule has 0 aromatic rings. The Balaban J connectivity index is 1.21. The third-order valence-corrected chi connectivity index (χ3v) is 6.21. The molecule has 0 spiro atoms. The van der Waals surface area contributed by atoms with Crippen molar-refractivity contribution in [3.63, 3.8) is 0 Å². The maximum Gasteiger partial charge on any atom is 0.331 e. The molecule has 0 unspecified atom stereocenters. The van der Waals surface area contributed by atoms with E-state index in [9.17, 15) is 9.59 Å². The third kappa shape index (κ3) is 8.81. The van der Waals surface area contributed by atoms with E-state index in [0.717, 1.165) is 112 Å². The Labute approximate surface area is 212 Å². The lowest BCUT2D eigenvalue weighted by molar-refractivity contribution is -0.160. The summed E-state index contributed by atoms with van der Waals surface area (Å²) in [6.45, 7) is -0.165. The number of hydrogen-bond acceptors (Lipinski definition) is 8. The van der Waals surface area contributed by atoms with Crippen molar-refractivity contribution < 1.29 is 38.0 Å². The fourth-order valence-electron chi connectivity index (χ4n) is 4.39. The smallest absolute Gasteiger partial charge is 0.331 e. The number of allylic oxidation sites excluding steroid dienone is 8. The molecule has 0 bridgehead atoms. The zero-order valence-electron chi connectivity index (χ0n) is 20.8. The molecule has 0 saturated heterocycles. The molecule has 0 aromatic carbocycles. The van der Waals surface area contributed by atoms with Crippen molar-refractivity contribution in [3.05, 3.63) is 59.5 Å². The van der Waals surface area contributed by atoms with Gasteiger partial charge in [0.1, 0.15) is 0 Å². The maximum absolute atomic E-state index is 12.2. The average Bonchev–Trinajstić information content (AvgIpc) is 3.68. The molecular weight excluding hydrogens is 464 g/mol. The van der Waals surface area contributed by atoms with Crippen molar-refractivity contribution in [1.29, 1.82) is 0 Å². The van der Waals surface area contributed by atoms with E-state index in [1.54, 1.807) is 0 Å². The van der Waals surface area contributed by atoms with E-state index in [0.29, 0.717) is 0 Å². The van der Waals surface area contributed by atoms with Crippen LogP contribution < -0.4 is 0 Å². The molecule has 0 aromatic heterocycles. The van der Waals surface area contributed by atoms with Crippen molar-refractivity contribution in [3.8, 4) is 0 Å². The van der Waals surface area contributed by atoms with Crippen LogP contribution >= 0.6 is 0 Å². The maximum atomic E-state index is 12.2. The first-order chi connectivity index (χ1) is 17.6. The summed E-state index contributed by atoms with van der Waals surface area (Å²) >= 11 is 0. The third-order valence-electron chi connectivity index (χ3n) is 6.21. The summed E-state index contributed by atoms with van der Waals surface area (Å²) < 4.78 is 34.1. The summed E-state index contributed by atoms with van der Waals surface area (Å²) in [5.74, 6) is 2.07. The molecule has 0 atom stereocenters. The molecule has 4 aliphatic rings. The number of rotatable bonds is 14. The molecule has 0 amide bonds. The highest BCUT2D eigenvalue weighted by atomic mass is 16.7. The average molecular weight is 501 g/mol. The molecular formula is C28H36O8. The van der Waals surface area contributed by atoms with Gasteiger partial charge in [0, 0.05) is 37.8 Å². The summed E-state index contributed by atoms with van der Waals surface area (Å²) in [4.78, 5) is 24.4. The molecule has 0 radical (unpaired) electrons. The van der Waals surface area contributed by atoms with Crippen molar-refractivity contribution >= 4 is 11.9 Å². The molecule has 4 aliphatic carbocycles. The van der Waals surface area contributed by atoms with Gasteiger partial charge in [0.15, 0.2) is 13.2 Å². The van der Waals surface area contributed by atoms with Crippen LogP contribution in [0.15, 0.2) is 59.5 Å². The second kappa shape index (κ2) is 13.8. The van der Waals surface area contributed by atoms with Gasteiger partial charge in [-0.15, -0.1) is 0 Å². The van der Waals surface area contributed by atoms with E-state index in [2.05, 4.69) is 0 Å². The Morgan fingerprint density at radius 2 is 0.889 bits per heavy atom. The fourth-order valence-corrected chi connectivity index (χ4v) is 4.39. The summed E-state index contributed by atoms with van der Waals surface area (Å²) in [6, 6.07) is 0. The van der Waals surface area contributed by atoms with Crippen LogP contribution in [0.5, 0.6) is 0 Å². The van der Waals surface area contributed by atoms with E-state index in [4.69, 9.17) is 28.4 Å². The summed E-state index contributed by atoms with van der Waals surface area (Å²) in [7, 11) is 0. The zero-order valence-corrected chi connectivity index (χ0v) is 20.8. The molecule has 196 valence electrons. The predicted molar refractivity (Wildman–Crippen MR) is 131 cm³/mol. The van der Waals surface area contributed by atoms with Crippen molar-refractivity contribution in [2.24, 2.45) is 0 Å². The minimum absolute atomic E-state index is 0.0825. The van der Waals surface area contributed by atoms with E-state index < -0.39 is 24.5 Å². The number of ether oxygens (including phenoxy) is 6. The summed E-state index contributed by atoms with van der Waals surface area (Å²) in [6.07, 6.45) is 20.2. The van der Waals surface area contributed by atoms with E-state index in [1.165, 1.54) is 0 Å². The van der Waals surface area contributed by atoms with Crippen LogP contribution in [-0.4, -0.2) is 37.7 Å². The Kier molecular flexibility index (Phi) is 9.94. The topological polar surface area (TPSA) is 89.5 Å². The monoisotopic (exact) mass is 500 g/mol. The predicted octanol–water partition coefficient (Wildman–Crippen LogP) is 5.62. The minimum Gasteiger partial charge on any atom is -0.456 e. The lowest BCUT2D eigenvalue weighted by Crippen LogP contribution is -2.25. The highest BCUT2D eigenvalue weighted by Crippen LogP contribution is 2.26. The number of esters is 2. The number of hydrogen-bond donors (Lipinski definition) is 0. The quantitative estimate of drug-likeness (QED) is 0.173. The Morgan fingerprint density at radius 1 is 0.583 bits per heavy atom. The first kappa shape index (κ1) is 25.9. The van der Waals surface area contributed by atoms with Gasteiger partial charge in [0.05, 0.1) is 23.0 Å². The first-order valence-corrected chi connectivity index (χ1v) is 13.1. The SMILES string of the molecule is O=C(/C=C\C(=O)OCC(OC1=CCCC1)OC1=CCCC1)OCC(OC1=CCCC1)OC1=CCCC1. The molecule has 36 heavy (non-hydrogen) atoms. The lowest BCUT2D eigenvalue weighted by atomic mass is 10.3. The van der Waals surface area contributed by atoms with Gasteiger partial charge in [0.2, 0.25) is 0 Å². The molecule has 8 nitrogen and oxygen atoms in total. The Morgan fingerprint density at radius 3 is 1.14 bits per heavy atom. The minimum atomic E-state index is -0.715. The van der Waals surface area contributed by atoms with E-state index in [1.807, 2.05) is 24.3 Å². The van der Waals surface area contributed by atoms with E-state index in [-0.39, 0.29) is 13.2 Å². The molecule has 8 heteroatoms. The van der Waals surface area contributed by atoms with Crippen LogP contribution in [0.25, 0.3) is 0 Å². The van der Waals surface area contributed by atoms with Crippen molar-refractivity contribution in [2.45, 2.75) is 89.6 Å².